The number of aromatic nitrogens is 2. The molecule has 0 bridgehead atoms. The number of guanidine groups is 1. The molecule has 0 atom stereocenters. The zero-order valence-corrected chi connectivity index (χ0v) is 14.7. The Morgan fingerprint density at radius 1 is 1.23 bits per heavy atom. The molecule has 0 unspecified atom stereocenters. The summed E-state index contributed by atoms with van der Waals surface area (Å²) in [6.45, 7) is 0.600. The molecular formula is C16H20IN5. The van der Waals surface area contributed by atoms with Gasteiger partial charge >= 0.3 is 0 Å². The lowest BCUT2D eigenvalue weighted by molar-refractivity contribution is 0.906. The molecule has 3 N–H and O–H groups in total. The summed E-state index contributed by atoms with van der Waals surface area (Å²) in [6, 6.07) is 6.42. The van der Waals surface area contributed by atoms with Crippen LogP contribution in [0.25, 0.3) is 0 Å². The number of aryl methyl sites for hydroxylation is 2. The predicted molar refractivity (Wildman–Crippen MR) is 99.7 cm³/mol. The quantitative estimate of drug-likeness (QED) is 0.463. The largest absolute Gasteiger partial charge is 0.370 e. The van der Waals surface area contributed by atoms with Crippen molar-refractivity contribution in [1.29, 1.82) is 0 Å². The van der Waals surface area contributed by atoms with Crippen LogP contribution < -0.4 is 11.1 Å². The molecule has 1 aromatic heterocycles. The number of anilines is 1. The number of rotatable bonds is 4. The van der Waals surface area contributed by atoms with Crippen molar-refractivity contribution < 1.29 is 0 Å². The van der Waals surface area contributed by atoms with Crippen LogP contribution in [-0.4, -0.2) is 22.5 Å². The van der Waals surface area contributed by atoms with Gasteiger partial charge in [-0.3, -0.25) is 15.0 Å². The van der Waals surface area contributed by atoms with Crippen LogP contribution >= 0.6 is 24.0 Å². The van der Waals surface area contributed by atoms with E-state index in [2.05, 4.69) is 38.5 Å². The number of aliphatic imine (C=N–C) groups is 1. The maximum atomic E-state index is 5.92. The third kappa shape index (κ3) is 4.40. The summed E-state index contributed by atoms with van der Waals surface area (Å²) in [5.74, 6) is 0.442. The molecule has 1 aliphatic rings. The van der Waals surface area contributed by atoms with Crippen molar-refractivity contribution >= 4 is 35.6 Å². The van der Waals surface area contributed by atoms with Crippen LogP contribution in [0.2, 0.25) is 0 Å². The normalized spacial score (nSPS) is 13.4. The van der Waals surface area contributed by atoms with Crippen molar-refractivity contribution in [2.45, 2.75) is 25.7 Å². The highest BCUT2D eigenvalue weighted by atomic mass is 127. The summed E-state index contributed by atoms with van der Waals surface area (Å²) >= 11 is 0. The first kappa shape index (κ1) is 16.7. The second-order valence-electron chi connectivity index (χ2n) is 5.18. The van der Waals surface area contributed by atoms with Gasteiger partial charge in [0.1, 0.15) is 0 Å². The Balaban J connectivity index is 0.00000176. The van der Waals surface area contributed by atoms with Crippen LogP contribution in [-0.2, 0) is 19.3 Å². The minimum Gasteiger partial charge on any atom is -0.370 e. The van der Waals surface area contributed by atoms with Gasteiger partial charge in [-0.25, -0.2) is 0 Å². The molecule has 0 saturated carbocycles. The van der Waals surface area contributed by atoms with Gasteiger partial charge < -0.3 is 11.1 Å². The van der Waals surface area contributed by atoms with Crippen molar-refractivity contribution in [3.05, 3.63) is 53.6 Å². The minimum atomic E-state index is 0. The summed E-state index contributed by atoms with van der Waals surface area (Å²) in [5.41, 5.74) is 10.7. The van der Waals surface area contributed by atoms with Crippen molar-refractivity contribution in [3.63, 3.8) is 0 Å². The van der Waals surface area contributed by atoms with E-state index >= 15 is 0 Å². The maximum Gasteiger partial charge on any atom is 0.193 e. The number of nitrogens with zero attached hydrogens (tertiary/aromatic N) is 3. The molecule has 5 nitrogen and oxygen atoms in total. The first-order valence-electron chi connectivity index (χ1n) is 7.25. The third-order valence-corrected chi connectivity index (χ3v) is 3.64. The molecule has 0 aliphatic heterocycles. The van der Waals surface area contributed by atoms with Gasteiger partial charge in [-0.05, 0) is 42.5 Å². The van der Waals surface area contributed by atoms with Gasteiger partial charge in [0.05, 0.1) is 5.69 Å². The van der Waals surface area contributed by atoms with Crippen molar-refractivity contribution in [2.75, 3.05) is 11.9 Å². The third-order valence-electron chi connectivity index (χ3n) is 3.64. The lowest BCUT2D eigenvalue weighted by Gasteiger charge is -2.07. The molecule has 0 fully saturated rings. The predicted octanol–water partition coefficient (Wildman–Crippen LogP) is 2.55. The topological polar surface area (TPSA) is 76.2 Å². The molecule has 0 radical (unpaired) electrons. The standard InChI is InChI=1S/C16H19N5.HI/c17-16(20-7-6-15-11-18-8-9-19-15)21-14-5-4-12-2-1-3-13(12)10-14;/h4-5,8-11H,1-3,6-7H2,(H3,17,20,21);1H. The minimum absolute atomic E-state index is 0. The van der Waals surface area contributed by atoms with Crippen LogP contribution in [0.15, 0.2) is 41.8 Å². The van der Waals surface area contributed by atoms with E-state index in [0.29, 0.717) is 12.5 Å². The Kier molecular flexibility index (Phi) is 6.11. The van der Waals surface area contributed by atoms with Gasteiger partial charge in [0.2, 0.25) is 0 Å². The Morgan fingerprint density at radius 3 is 2.91 bits per heavy atom. The Labute approximate surface area is 147 Å². The fourth-order valence-corrected chi connectivity index (χ4v) is 2.59. The van der Waals surface area contributed by atoms with Crippen molar-refractivity contribution in [2.24, 2.45) is 10.7 Å². The zero-order valence-electron chi connectivity index (χ0n) is 12.3. The van der Waals surface area contributed by atoms with Crippen molar-refractivity contribution in [3.8, 4) is 0 Å². The molecule has 6 heteroatoms. The number of nitrogens with one attached hydrogen (secondary N) is 1. The van der Waals surface area contributed by atoms with Gasteiger partial charge in [0.25, 0.3) is 0 Å². The summed E-state index contributed by atoms with van der Waals surface area (Å²) in [7, 11) is 0. The van der Waals surface area contributed by atoms with E-state index in [9.17, 15) is 0 Å². The first-order valence-corrected chi connectivity index (χ1v) is 7.25. The second-order valence-corrected chi connectivity index (χ2v) is 5.18. The van der Waals surface area contributed by atoms with Crippen LogP contribution in [0.3, 0.4) is 0 Å². The molecule has 0 amide bonds. The second kappa shape index (κ2) is 8.07. The van der Waals surface area contributed by atoms with E-state index in [0.717, 1.165) is 24.2 Å². The van der Waals surface area contributed by atoms with E-state index in [1.165, 1.54) is 24.0 Å². The Hall–Kier alpha value is -1.70. The number of halogens is 1. The molecule has 2 aromatic rings. The van der Waals surface area contributed by atoms with Crippen LogP contribution in [0.5, 0.6) is 0 Å². The number of hydrogen-bond donors (Lipinski definition) is 2. The van der Waals surface area contributed by atoms with Gasteiger partial charge in [-0.15, -0.1) is 24.0 Å². The molecule has 116 valence electrons. The van der Waals surface area contributed by atoms with E-state index in [4.69, 9.17) is 5.73 Å². The molecule has 1 heterocycles. The highest BCUT2D eigenvalue weighted by Gasteiger charge is 2.10. The molecule has 1 aromatic carbocycles. The SMILES string of the molecule is I.NC(=NCCc1cnccn1)Nc1ccc2c(c1)CCC2. The molecule has 3 rings (SSSR count). The molecule has 0 spiro atoms. The average Bonchev–Trinajstić information content (AvgIpc) is 2.96. The zero-order chi connectivity index (χ0) is 14.5. The van der Waals surface area contributed by atoms with E-state index in [1.807, 2.05) is 0 Å². The Morgan fingerprint density at radius 2 is 2.09 bits per heavy atom. The van der Waals surface area contributed by atoms with Gasteiger partial charge in [0.15, 0.2) is 5.96 Å². The van der Waals surface area contributed by atoms with E-state index in [1.54, 1.807) is 18.6 Å². The van der Waals surface area contributed by atoms with Gasteiger partial charge in [0, 0.05) is 37.2 Å². The summed E-state index contributed by atoms with van der Waals surface area (Å²) < 4.78 is 0. The molecule has 1 aliphatic carbocycles. The lowest BCUT2D eigenvalue weighted by Crippen LogP contribution is -2.23. The number of nitrogens with two attached hydrogens (primary N) is 1. The summed E-state index contributed by atoms with van der Waals surface area (Å²) in [6.07, 6.45) is 9.44. The summed E-state index contributed by atoms with van der Waals surface area (Å²) in [4.78, 5) is 12.6. The van der Waals surface area contributed by atoms with E-state index in [-0.39, 0.29) is 24.0 Å². The first-order chi connectivity index (χ1) is 10.3. The van der Waals surface area contributed by atoms with E-state index < -0.39 is 0 Å². The molecule has 0 saturated heterocycles. The number of hydrogen-bond acceptors (Lipinski definition) is 3. The summed E-state index contributed by atoms with van der Waals surface area (Å²) in [5, 5.41) is 3.15. The average molecular weight is 409 g/mol. The molecular weight excluding hydrogens is 389 g/mol. The van der Waals surface area contributed by atoms with Crippen LogP contribution in [0.1, 0.15) is 23.2 Å². The maximum absolute atomic E-state index is 5.92. The fourth-order valence-electron chi connectivity index (χ4n) is 2.59. The monoisotopic (exact) mass is 409 g/mol. The van der Waals surface area contributed by atoms with Crippen LogP contribution in [0.4, 0.5) is 5.69 Å². The highest BCUT2D eigenvalue weighted by Crippen LogP contribution is 2.24. The fraction of sp³-hybridized carbons (Fsp3) is 0.312. The number of benzene rings is 1. The van der Waals surface area contributed by atoms with Gasteiger partial charge in [-0.2, -0.15) is 0 Å². The van der Waals surface area contributed by atoms with Crippen molar-refractivity contribution in [1.82, 2.24) is 9.97 Å². The van der Waals surface area contributed by atoms with Crippen LogP contribution in [0, 0.1) is 0 Å². The molecule has 22 heavy (non-hydrogen) atoms. The van der Waals surface area contributed by atoms with Gasteiger partial charge in [-0.1, -0.05) is 6.07 Å². The highest BCUT2D eigenvalue weighted by molar-refractivity contribution is 14.0. The Bertz CT molecular complexity index is 642. The lowest BCUT2D eigenvalue weighted by atomic mass is 10.1. The number of fused-ring (bicyclic) bond motifs is 1. The smallest absolute Gasteiger partial charge is 0.193 e.